The Balaban J connectivity index is 3.68. The highest BCUT2D eigenvalue weighted by molar-refractivity contribution is 7.06. The molecule has 0 saturated carbocycles. The van der Waals surface area contributed by atoms with Crippen LogP contribution < -0.4 is 0 Å². The smallest absolute Gasteiger partial charge is 0.138 e. The monoisotopic (exact) mass is 360 g/mol. The second kappa shape index (κ2) is 18.8. The fourth-order valence-corrected chi connectivity index (χ4v) is 4.81. The summed E-state index contributed by atoms with van der Waals surface area (Å²) < 4.78 is 0. The minimum Gasteiger partial charge on any atom is -0.172 e. The molecule has 0 N–H and O–H groups in total. The second-order valence-corrected chi connectivity index (χ2v) is 12.1. The first kappa shape index (κ1) is 23.5. The van der Waals surface area contributed by atoms with E-state index in [1.807, 2.05) is 0 Å². The molecule has 2 unspecified atom stereocenters. The van der Waals surface area contributed by atoms with Crippen molar-refractivity contribution in [1.29, 1.82) is 0 Å². The Hall–Kier alpha value is 0.507. The summed E-state index contributed by atoms with van der Waals surface area (Å²) in [5.74, 6) is 0.997. The number of halogens is 1. The lowest BCUT2D eigenvalue weighted by molar-refractivity contribution is 0.378. The topological polar surface area (TPSA) is 0 Å². The van der Waals surface area contributed by atoms with Crippen LogP contribution in [0.2, 0.25) is 12.6 Å². The molecular formula is C21H45ClSi. The van der Waals surface area contributed by atoms with Gasteiger partial charge in [0.2, 0.25) is 0 Å². The van der Waals surface area contributed by atoms with Crippen LogP contribution in [0.1, 0.15) is 117 Å². The molecule has 2 heteroatoms. The summed E-state index contributed by atoms with van der Waals surface area (Å²) in [6.45, 7) is 6.88. The lowest BCUT2D eigenvalue weighted by atomic mass is 9.90. The summed E-state index contributed by atoms with van der Waals surface area (Å²) in [5.41, 5.74) is 0. The van der Waals surface area contributed by atoms with Gasteiger partial charge >= 0.3 is 0 Å². The molecule has 0 saturated heterocycles. The summed E-state index contributed by atoms with van der Waals surface area (Å²) in [6.07, 6.45) is 23.1. The van der Waals surface area contributed by atoms with Crippen molar-refractivity contribution in [2.45, 2.75) is 129 Å². The summed E-state index contributed by atoms with van der Waals surface area (Å²) in [6, 6.07) is 1.34. The van der Waals surface area contributed by atoms with Crippen LogP contribution in [0.25, 0.3) is 0 Å². The standard InChI is InChI=1S/C21H45ClSi/c1-4-6-8-10-11-12-13-15-18-21(17-14-9-7-5-2)19-16-20-23(3)22/h21,23H,4-20H2,1-3H3. The van der Waals surface area contributed by atoms with Crippen LogP contribution in [0, 0.1) is 5.92 Å². The zero-order valence-electron chi connectivity index (χ0n) is 16.6. The lowest BCUT2D eigenvalue weighted by Gasteiger charge is -2.17. The SMILES string of the molecule is CCCCCCCCCCC(CCCCCC)CCC[SiH](C)Cl. The fourth-order valence-electron chi connectivity index (χ4n) is 3.55. The summed E-state index contributed by atoms with van der Waals surface area (Å²) in [5, 5.41) is 0. The molecule has 0 bridgehead atoms. The molecule has 0 aromatic rings. The summed E-state index contributed by atoms with van der Waals surface area (Å²) >= 11 is 6.24. The van der Waals surface area contributed by atoms with Gasteiger partial charge in [-0.2, -0.15) is 11.1 Å². The predicted molar refractivity (Wildman–Crippen MR) is 112 cm³/mol. The first-order chi connectivity index (χ1) is 11.2. The molecule has 140 valence electrons. The molecule has 0 aliphatic rings. The Morgan fingerprint density at radius 1 is 0.609 bits per heavy atom. The first-order valence-corrected chi connectivity index (χ1v) is 14.6. The minimum absolute atomic E-state index is 0.848. The van der Waals surface area contributed by atoms with E-state index in [0.717, 1.165) is 5.92 Å². The molecular weight excluding hydrogens is 316 g/mol. The van der Waals surface area contributed by atoms with E-state index in [1.54, 1.807) is 0 Å². The maximum atomic E-state index is 6.24. The number of rotatable bonds is 18. The third-order valence-electron chi connectivity index (χ3n) is 5.15. The molecule has 0 aliphatic heterocycles. The van der Waals surface area contributed by atoms with Crippen molar-refractivity contribution >= 4 is 19.2 Å². The Morgan fingerprint density at radius 3 is 1.48 bits per heavy atom. The Labute approximate surface area is 154 Å². The molecule has 0 rings (SSSR count). The van der Waals surface area contributed by atoms with Crippen molar-refractivity contribution < 1.29 is 0 Å². The van der Waals surface area contributed by atoms with E-state index in [9.17, 15) is 0 Å². The van der Waals surface area contributed by atoms with E-state index >= 15 is 0 Å². The highest BCUT2D eigenvalue weighted by atomic mass is 35.6. The van der Waals surface area contributed by atoms with Gasteiger partial charge in [-0.05, 0) is 12.0 Å². The summed E-state index contributed by atoms with van der Waals surface area (Å²) in [7, 11) is -0.848. The van der Waals surface area contributed by atoms with E-state index < -0.39 is 8.11 Å². The Kier molecular flexibility index (Phi) is 19.3. The molecule has 2 atom stereocenters. The molecule has 0 radical (unpaired) electrons. The zero-order chi connectivity index (χ0) is 17.2. The fraction of sp³-hybridized carbons (Fsp3) is 1.00. The van der Waals surface area contributed by atoms with Crippen molar-refractivity contribution in [2.24, 2.45) is 5.92 Å². The maximum absolute atomic E-state index is 6.24. The van der Waals surface area contributed by atoms with Crippen LogP contribution in [0.15, 0.2) is 0 Å². The molecule has 0 nitrogen and oxygen atoms in total. The van der Waals surface area contributed by atoms with Crippen molar-refractivity contribution in [3.05, 3.63) is 0 Å². The van der Waals surface area contributed by atoms with Gasteiger partial charge in [0.15, 0.2) is 0 Å². The van der Waals surface area contributed by atoms with Gasteiger partial charge in [0.1, 0.15) is 8.11 Å². The van der Waals surface area contributed by atoms with Gasteiger partial charge in [-0.15, -0.1) is 0 Å². The van der Waals surface area contributed by atoms with Gasteiger partial charge in [0.25, 0.3) is 0 Å². The van der Waals surface area contributed by atoms with Crippen molar-refractivity contribution in [3.63, 3.8) is 0 Å². The average Bonchev–Trinajstić information content (AvgIpc) is 2.53. The van der Waals surface area contributed by atoms with E-state index in [0.29, 0.717) is 0 Å². The van der Waals surface area contributed by atoms with Crippen molar-refractivity contribution in [1.82, 2.24) is 0 Å². The van der Waals surface area contributed by atoms with E-state index in [1.165, 1.54) is 109 Å². The molecule has 0 fully saturated rings. The van der Waals surface area contributed by atoms with Crippen LogP contribution in [-0.2, 0) is 0 Å². The molecule has 0 aromatic heterocycles. The minimum atomic E-state index is -0.848. The Morgan fingerprint density at radius 2 is 1.00 bits per heavy atom. The normalized spacial score (nSPS) is 14.1. The third-order valence-corrected chi connectivity index (χ3v) is 7.00. The quantitative estimate of drug-likeness (QED) is 0.130. The highest BCUT2D eigenvalue weighted by Gasteiger charge is 2.09. The zero-order valence-corrected chi connectivity index (χ0v) is 18.5. The molecule has 0 aromatic carbocycles. The summed E-state index contributed by atoms with van der Waals surface area (Å²) in [4.78, 5) is 0. The molecule has 0 amide bonds. The largest absolute Gasteiger partial charge is 0.172 e. The van der Waals surface area contributed by atoms with Gasteiger partial charge in [-0.3, -0.25) is 0 Å². The van der Waals surface area contributed by atoms with Gasteiger partial charge in [-0.25, -0.2) is 0 Å². The van der Waals surface area contributed by atoms with Gasteiger partial charge < -0.3 is 0 Å². The van der Waals surface area contributed by atoms with E-state index in [-0.39, 0.29) is 0 Å². The lowest BCUT2D eigenvalue weighted by Crippen LogP contribution is -2.04. The van der Waals surface area contributed by atoms with Crippen molar-refractivity contribution in [3.8, 4) is 0 Å². The maximum Gasteiger partial charge on any atom is 0.138 e. The molecule has 0 aliphatic carbocycles. The highest BCUT2D eigenvalue weighted by Crippen LogP contribution is 2.24. The Bertz CT molecular complexity index is 218. The van der Waals surface area contributed by atoms with Gasteiger partial charge in [0.05, 0.1) is 0 Å². The third kappa shape index (κ3) is 18.7. The van der Waals surface area contributed by atoms with Gasteiger partial charge in [-0.1, -0.05) is 123 Å². The van der Waals surface area contributed by atoms with Crippen LogP contribution in [-0.4, -0.2) is 8.11 Å². The average molecular weight is 361 g/mol. The number of unbranched alkanes of at least 4 members (excludes halogenated alkanes) is 10. The predicted octanol–water partition coefficient (Wildman–Crippen LogP) is 8.48. The van der Waals surface area contributed by atoms with Crippen LogP contribution in [0.3, 0.4) is 0 Å². The molecule has 0 spiro atoms. The number of hydrogen-bond donors (Lipinski definition) is 0. The van der Waals surface area contributed by atoms with Crippen molar-refractivity contribution in [2.75, 3.05) is 0 Å². The second-order valence-electron chi connectivity index (χ2n) is 7.69. The molecule has 0 heterocycles. The molecule has 23 heavy (non-hydrogen) atoms. The van der Waals surface area contributed by atoms with Crippen LogP contribution in [0.5, 0.6) is 0 Å². The van der Waals surface area contributed by atoms with Crippen LogP contribution >= 0.6 is 11.1 Å². The van der Waals surface area contributed by atoms with Gasteiger partial charge in [0, 0.05) is 0 Å². The van der Waals surface area contributed by atoms with E-state index in [2.05, 4.69) is 20.4 Å². The van der Waals surface area contributed by atoms with E-state index in [4.69, 9.17) is 11.1 Å². The first-order valence-electron chi connectivity index (χ1n) is 10.8. The van der Waals surface area contributed by atoms with Crippen LogP contribution in [0.4, 0.5) is 0 Å². The number of hydrogen-bond acceptors (Lipinski definition) is 0.